The monoisotopic (exact) mass is 173 g/mol. The number of aliphatic carboxylic acids is 1. The molecule has 0 amide bonds. The van der Waals surface area contributed by atoms with Crippen LogP contribution in [0.3, 0.4) is 0 Å². The van der Waals surface area contributed by atoms with Gasteiger partial charge in [-0.2, -0.15) is 0 Å². The van der Waals surface area contributed by atoms with Crippen LogP contribution >= 0.6 is 11.6 Å². The first-order valence-corrected chi connectivity index (χ1v) is 3.04. The highest BCUT2D eigenvalue weighted by molar-refractivity contribution is 6.29. The Kier molecular flexibility index (Phi) is 1.96. The largest absolute Gasteiger partial charge is 0.478 e. The first-order chi connectivity index (χ1) is 5.11. The molecule has 0 radical (unpaired) electrons. The highest BCUT2D eigenvalue weighted by Gasteiger charge is 2.12. The number of carboxylic acids is 1. The zero-order valence-corrected chi connectivity index (χ0v) is 6.13. The number of nitrogens with zero attached hydrogens (tertiary/aromatic N) is 1. The summed E-state index contributed by atoms with van der Waals surface area (Å²) in [6, 6.07) is 1.29. The van der Waals surface area contributed by atoms with Gasteiger partial charge >= 0.3 is 5.97 Å². The lowest BCUT2D eigenvalue weighted by Crippen LogP contribution is -1.95. The van der Waals surface area contributed by atoms with Crippen molar-refractivity contribution in [2.24, 2.45) is 0 Å². The van der Waals surface area contributed by atoms with E-state index in [-0.39, 0.29) is 16.5 Å². The Balaban J connectivity index is 2.94. The van der Waals surface area contributed by atoms with E-state index in [0.717, 1.165) is 0 Å². The summed E-state index contributed by atoms with van der Waals surface area (Å²) in [5.41, 5.74) is -0.163. The van der Waals surface area contributed by atoms with E-state index < -0.39 is 5.97 Å². The Labute approximate surface area is 67.1 Å². The molecule has 0 saturated heterocycles. The normalized spacial score (nSPS) is 9.55. The summed E-state index contributed by atoms with van der Waals surface area (Å²) >= 11 is 5.37. The molecule has 0 unspecified atom stereocenters. The molecular weight excluding hydrogens is 170 g/mol. The van der Waals surface area contributed by atoms with Crippen molar-refractivity contribution in [1.82, 2.24) is 5.16 Å². The molecule has 1 rings (SSSR count). The maximum Gasteiger partial charge on any atom is 0.338 e. The number of rotatable bonds is 2. The van der Waals surface area contributed by atoms with Crippen LogP contribution in [0.5, 0.6) is 0 Å². The number of hydrogen-bond donors (Lipinski definition) is 1. The molecular formula is C6H4ClNO3. The number of aromatic nitrogens is 1. The van der Waals surface area contributed by atoms with Gasteiger partial charge in [-0.1, -0.05) is 23.3 Å². The second-order valence-electron chi connectivity index (χ2n) is 1.80. The van der Waals surface area contributed by atoms with Crippen LogP contribution in [0.4, 0.5) is 0 Å². The first-order valence-electron chi connectivity index (χ1n) is 2.66. The smallest absolute Gasteiger partial charge is 0.338 e. The van der Waals surface area contributed by atoms with Gasteiger partial charge in [-0.15, -0.1) is 0 Å². The Bertz CT molecular complexity index is 305. The second kappa shape index (κ2) is 2.75. The zero-order chi connectivity index (χ0) is 8.43. The van der Waals surface area contributed by atoms with Gasteiger partial charge in [-0.3, -0.25) is 0 Å². The molecule has 0 atom stereocenters. The third-order valence-electron chi connectivity index (χ3n) is 1.04. The van der Waals surface area contributed by atoms with Gasteiger partial charge < -0.3 is 9.63 Å². The summed E-state index contributed by atoms with van der Waals surface area (Å²) in [5.74, 6) is -1.08. The highest BCUT2D eigenvalue weighted by Crippen LogP contribution is 2.16. The average Bonchev–Trinajstić information content (AvgIpc) is 2.34. The fourth-order valence-electron chi connectivity index (χ4n) is 0.501. The molecule has 0 aliphatic carbocycles. The number of hydrogen-bond acceptors (Lipinski definition) is 3. The second-order valence-corrected chi connectivity index (χ2v) is 2.18. The number of carbonyl (C=O) groups is 1. The van der Waals surface area contributed by atoms with Gasteiger partial charge in [0.15, 0.2) is 10.9 Å². The van der Waals surface area contributed by atoms with E-state index in [1.807, 2.05) is 0 Å². The molecule has 0 spiro atoms. The first kappa shape index (κ1) is 7.81. The lowest BCUT2D eigenvalue weighted by molar-refractivity contribution is -0.130. The van der Waals surface area contributed by atoms with Gasteiger partial charge in [-0.25, -0.2) is 4.79 Å². The highest BCUT2D eigenvalue weighted by atomic mass is 35.5. The van der Waals surface area contributed by atoms with Crippen molar-refractivity contribution in [2.75, 3.05) is 0 Å². The molecule has 1 heterocycles. The molecule has 1 aromatic rings. The summed E-state index contributed by atoms with van der Waals surface area (Å²) < 4.78 is 4.53. The topological polar surface area (TPSA) is 63.3 Å². The standard InChI is InChI=1S/C6H4ClNO3/c1-3(6(9)10)4-2-5(7)8-11-4/h2H,1H2,(H,9,10). The third kappa shape index (κ3) is 1.59. The Hall–Kier alpha value is -1.29. The van der Waals surface area contributed by atoms with Crippen molar-refractivity contribution < 1.29 is 14.4 Å². The molecule has 0 saturated carbocycles. The van der Waals surface area contributed by atoms with Crippen LogP contribution in [0.25, 0.3) is 5.57 Å². The van der Waals surface area contributed by atoms with Crippen molar-refractivity contribution >= 4 is 23.1 Å². The summed E-state index contributed by atoms with van der Waals surface area (Å²) in [7, 11) is 0. The van der Waals surface area contributed by atoms with Crippen LogP contribution in [0, 0.1) is 0 Å². The quantitative estimate of drug-likeness (QED) is 0.687. The lowest BCUT2D eigenvalue weighted by atomic mass is 10.2. The SMILES string of the molecule is C=C(C(=O)O)c1cc(Cl)no1. The van der Waals surface area contributed by atoms with Gasteiger partial charge in [0.05, 0.1) is 5.57 Å². The van der Waals surface area contributed by atoms with E-state index in [1.54, 1.807) is 0 Å². The lowest BCUT2D eigenvalue weighted by Gasteiger charge is -1.89. The van der Waals surface area contributed by atoms with Gasteiger partial charge in [0.25, 0.3) is 0 Å². The Morgan fingerprint density at radius 3 is 2.82 bits per heavy atom. The average molecular weight is 174 g/mol. The van der Waals surface area contributed by atoms with Crippen LogP contribution in [-0.2, 0) is 4.79 Å². The van der Waals surface area contributed by atoms with Crippen molar-refractivity contribution in [3.8, 4) is 0 Å². The maximum atomic E-state index is 10.3. The van der Waals surface area contributed by atoms with Crippen LogP contribution in [0.1, 0.15) is 5.76 Å². The predicted molar refractivity (Wildman–Crippen MR) is 38.2 cm³/mol. The third-order valence-corrected chi connectivity index (χ3v) is 1.22. The molecule has 58 valence electrons. The van der Waals surface area contributed by atoms with E-state index >= 15 is 0 Å². The van der Waals surface area contributed by atoms with Crippen LogP contribution in [0.15, 0.2) is 17.2 Å². The Morgan fingerprint density at radius 2 is 2.45 bits per heavy atom. The molecule has 0 fully saturated rings. The molecule has 0 aliphatic rings. The fourth-order valence-corrected chi connectivity index (χ4v) is 0.635. The van der Waals surface area contributed by atoms with E-state index in [2.05, 4.69) is 16.3 Å². The predicted octanol–water partition coefficient (Wildman–Crippen LogP) is 1.43. The van der Waals surface area contributed by atoms with Gasteiger partial charge in [0, 0.05) is 6.07 Å². The molecule has 4 nitrogen and oxygen atoms in total. The maximum absolute atomic E-state index is 10.3. The minimum atomic E-state index is -1.15. The van der Waals surface area contributed by atoms with Crippen LogP contribution in [0.2, 0.25) is 5.15 Å². The van der Waals surface area contributed by atoms with Gasteiger partial charge in [0.2, 0.25) is 0 Å². The van der Waals surface area contributed by atoms with Gasteiger partial charge in [0.1, 0.15) is 0 Å². The van der Waals surface area contributed by atoms with E-state index in [4.69, 9.17) is 16.7 Å². The summed E-state index contributed by atoms with van der Waals surface area (Å²) in [6.07, 6.45) is 0. The summed E-state index contributed by atoms with van der Waals surface area (Å²) in [4.78, 5) is 10.3. The minimum absolute atomic E-state index is 0.0718. The molecule has 0 bridgehead atoms. The molecule has 1 aromatic heterocycles. The van der Waals surface area contributed by atoms with Gasteiger partial charge in [-0.05, 0) is 0 Å². The fraction of sp³-hybridized carbons (Fsp3) is 0. The van der Waals surface area contributed by atoms with Crippen molar-refractivity contribution in [1.29, 1.82) is 0 Å². The minimum Gasteiger partial charge on any atom is -0.478 e. The van der Waals surface area contributed by atoms with Crippen LogP contribution in [-0.4, -0.2) is 16.2 Å². The molecule has 0 aromatic carbocycles. The van der Waals surface area contributed by atoms with Crippen molar-refractivity contribution in [2.45, 2.75) is 0 Å². The van der Waals surface area contributed by atoms with Crippen LogP contribution < -0.4 is 0 Å². The van der Waals surface area contributed by atoms with Crippen molar-refractivity contribution in [3.63, 3.8) is 0 Å². The summed E-state index contributed by atoms with van der Waals surface area (Å²) in [5, 5.41) is 11.8. The van der Waals surface area contributed by atoms with Crippen molar-refractivity contribution in [3.05, 3.63) is 23.6 Å². The molecule has 1 N–H and O–H groups in total. The number of carboxylic acid groups (broad SMARTS) is 1. The van der Waals surface area contributed by atoms with E-state index in [0.29, 0.717) is 0 Å². The molecule has 11 heavy (non-hydrogen) atoms. The molecule has 5 heteroatoms. The Morgan fingerprint density at radius 1 is 1.82 bits per heavy atom. The summed E-state index contributed by atoms with van der Waals surface area (Å²) in [6.45, 7) is 3.25. The van der Waals surface area contributed by atoms with E-state index in [1.165, 1.54) is 6.07 Å². The number of halogens is 1. The van der Waals surface area contributed by atoms with E-state index in [9.17, 15) is 4.79 Å². The molecule has 0 aliphatic heterocycles. The zero-order valence-electron chi connectivity index (χ0n) is 5.37.